The molecule has 0 aliphatic heterocycles. The van der Waals surface area contributed by atoms with Gasteiger partial charge in [-0.25, -0.2) is 9.78 Å². The minimum Gasteiger partial charge on any atom is -0.493 e. The summed E-state index contributed by atoms with van der Waals surface area (Å²) in [5.74, 6) is -0.302. The van der Waals surface area contributed by atoms with Crippen molar-refractivity contribution in [1.29, 1.82) is 0 Å². The number of nitrogens with zero attached hydrogens (tertiary/aromatic N) is 1. The molecule has 0 unspecified atom stereocenters. The normalized spacial score (nSPS) is 10.6. The summed E-state index contributed by atoms with van der Waals surface area (Å²) < 4.78 is 15.5. The Morgan fingerprint density at radius 3 is 2.26 bits per heavy atom. The Bertz CT molecular complexity index is 1400. The summed E-state index contributed by atoms with van der Waals surface area (Å²) in [6, 6.07) is 20.1. The van der Waals surface area contributed by atoms with Gasteiger partial charge in [-0.05, 0) is 25.1 Å². The molecule has 0 radical (unpaired) electrons. The van der Waals surface area contributed by atoms with Crippen LogP contribution in [0.2, 0.25) is 0 Å². The first-order valence-electron chi connectivity index (χ1n) is 10.6. The second-order valence-corrected chi connectivity index (χ2v) is 7.64. The van der Waals surface area contributed by atoms with Crippen LogP contribution in [0, 0.1) is 6.92 Å². The van der Waals surface area contributed by atoms with E-state index in [1.807, 2.05) is 55.5 Å². The average Bonchev–Trinajstić information content (AvgIpc) is 2.87. The van der Waals surface area contributed by atoms with E-state index in [9.17, 15) is 9.59 Å². The molecule has 1 heterocycles. The molecule has 4 aromatic rings. The van der Waals surface area contributed by atoms with Crippen LogP contribution >= 0.6 is 0 Å². The van der Waals surface area contributed by atoms with E-state index >= 15 is 0 Å². The van der Waals surface area contributed by atoms with Crippen molar-refractivity contribution in [3.8, 4) is 22.8 Å². The number of aromatic nitrogens is 1. The largest absolute Gasteiger partial charge is 0.493 e. The Hall–Kier alpha value is -4.39. The number of esters is 1. The number of rotatable bonds is 6. The standard InChI is InChI=1S/C27H24N2O5/c1-16-8-7-9-17(12-16)22-13-19(18-10-5-6-11-21(18)28-22)26(30)29-23-15-25(33-3)24(32-2)14-20(23)27(31)34-4/h5-15H,1-4H3,(H,29,30). The van der Waals surface area contributed by atoms with Gasteiger partial charge in [-0.3, -0.25) is 4.79 Å². The molecule has 172 valence electrons. The van der Waals surface area contributed by atoms with Crippen LogP contribution in [0.15, 0.2) is 66.7 Å². The molecule has 0 aliphatic carbocycles. The summed E-state index contributed by atoms with van der Waals surface area (Å²) in [4.78, 5) is 30.7. The van der Waals surface area contributed by atoms with Crippen molar-refractivity contribution < 1.29 is 23.8 Å². The third-order valence-corrected chi connectivity index (χ3v) is 5.45. The lowest BCUT2D eigenvalue weighted by Gasteiger charge is -2.15. The van der Waals surface area contributed by atoms with Crippen LogP contribution in [0.1, 0.15) is 26.3 Å². The van der Waals surface area contributed by atoms with Crippen LogP contribution in [-0.2, 0) is 4.74 Å². The molecule has 7 nitrogen and oxygen atoms in total. The number of aryl methyl sites for hydroxylation is 1. The summed E-state index contributed by atoms with van der Waals surface area (Å²) >= 11 is 0. The maximum absolute atomic E-state index is 13.5. The van der Waals surface area contributed by atoms with Crippen LogP contribution in [0.5, 0.6) is 11.5 Å². The fourth-order valence-corrected chi connectivity index (χ4v) is 3.77. The number of carbonyl (C=O) groups excluding carboxylic acids is 2. The summed E-state index contributed by atoms with van der Waals surface area (Å²) in [5.41, 5.74) is 4.17. The smallest absolute Gasteiger partial charge is 0.340 e. The maximum atomic E-state index is 13.5. The van der Waals surface area contributed by atoms with E-state index in [-0.39, 0.29) is 11.3 Å². The summed E-state index contributed by atoms with van der Waals surface area (Å²) in [6.45, 7) is 2.00. The van der Waals surface area contributed by atoms with Gasteiger partial charge < -0.3 is 19.5 Å². The number of benzene rings is 3. The Morgan fingerprint density at radius 2 is 1.56 bits per heavy atom. The lowest BCUT2D eigenvalue weighted by molar-refractivity contribution is 0.0601. The minimum absolute atomic E-state index is 0.144. The zero-order chi connectivity index (χ0) is 24.2. The number of amides is 1. The number of hydrogen-bond donors (Lipinski definition) is 1. The highest BCUT2D eigenvalue weighted by molar-refractivity contribution is 6.14. The fourth-order valence-electron chi connectivity index (χ4n) is 3.77. The zero-order valence-corrected chi connectivity index (χ0v) is 19.3. The number of methoxy groups -OCH3 is 3. The molecule has 0 spiro atoms. The Kier molecular flexibility index (Phi) is 6.45. The van der Waals surface area contributed by atoms with Crippen LogP contribution < -0.4 is 14.8 Å². The Labute approximate surface area is 197 Å². The van der Waals surface area contributed by atoms with E-state index in [4.69, 9.17) is 19.2 Å². The van der Waals surface area contributed by atoms with Crippen LogP contribution in [0.4, 0.5) is 5.69 Å². The van der Waals surface area contributed by atoms with Crippen molar-refractivity contribution in [2.75, 3.05) is 26.6 Å². The lowest BCUT2D eigenvalue weighted by Crippen LogP contribution is -2.16. The van der Waals surface area contributed by atoms with E-state index in [0.29, 0.717) is 33.7 Å². The summed E-state index contributed by atoms with van der Waals surface area (Å²) in [6.07, 6.45) is 0. The molecule has 0 aliphatic rings. The molecular formula is C27H24N2O5. The van der Waals surface area contributed by atoms with Crippen LogP contribution in [-0.4, -0.2) is 38.2 Å². The number of carbonyl (C=O) groups is 2. The summed E-state index contributed by atoms with van der Waals surface area (Å²) in [7, 11) is 4.22. The third-order valence-electron chi connectivity index (χ3n) is 5.45. The molecule has 0 fully saturated rings. The molecule has 3 aromatic carbocycles. The number of ether oxygens (including phenoxy) is 3. The van der Waals surface area contributed by atoms with E-state index < -0.39 is 11.9 Å². The Balaban J connectivity index is 1.83. The number of para-hydroxylation sites is 1. The molecule has 7 heteroatoms. The number of hydrogen-bond acceptors (Lipinski definition) is 6. The predicted molar refractivity (Wildman–Crippen MR) is 131 cm³/mol. The monoisotopic (exact) mass is 456 g/mol. The highest BCUT2D eigenvalue weighted by Crippen LogP contribution is 2.34. The second kappa shape index (κ2) is 9.62. The van der Waals surface area contributed by atoms with E-state index in [0.717, 1.165) is 11.1 Å². The molecule has 1 amide bonds. The van der Waals surface area contributed by atoms with Crippen molar-refractivity contribution in [3.05, 3.63) is 83.4 Å². The maximum Gasteiger partial charge on any atom is 0.340 e. The highest BCUT2D eigenvalue weighted by atomic mass is 16.5. The number of nitrogens with one attached hydrogen (secondary N) is 1. The van der Waals surface area contributed by atoms with Gasteiger partial charge in [-0.15, -0.1) is 0 Å². The predicted octanol–water partition coefficient (Wildman–Crippen LogP) is 5.27. The number of fused-ring (bicyclic) bond motifs is 1. The molecule has 0 atom stereocenters. The molecule has 0 bridgehead atoms. The molecule has 0 saturated carbocycles. The molecule has 1 aromatic heterocycles. The van der Waals surface area contributed by atoms with Crippen LogP contribution in [0.3, 0.4) is 0 Å². The first-order chi connectivity index (χ1) is 16.4. The molecule has 1 N–H and O–H groups in total. The Morgan fingerprint density at radius 1 is 0.824 bits per heavy atom. The quantitative estimate of drug-likeness (QED) is 0.398. The topological polar surface area (TPSA) is 86.8 Å². The lowest BCUT2D eigenvalue weighted by atomic mass is 10.0. The van der Waals surface area contributed by atoms with Gasteiger partial charge in [0, 0.05) is 23.1 Å². The minimum atomic E-state index is -0.615. The van der Waals surface area contributed by atoms with Crippen molar-refractivity contribution in [2.24, 2.45) is 0 Å². The number of anilines is 1. The van der Waals surface area contributed by atoms with Gasteiger partial charge >= 0.3 is 5.97 Å². The van der Waals surface area contributed by atoms with Crippen molar-refractivity contribution in [3.63, 3.8) is 0 Å². The fraction of sp³-hybridized carbons (Fsp3) is 0.148. The molecule has 4 rings (SSSR count). The number of pyridine rings is 1. The van der Waals surface area contributed by atoms with Gasteiger partial charge in [0.2, 0.25) is 0 Å². The molecular weight excluding hydrogens is 432 g/mol. The van der Waals surface area contributed by atoms with Crippen molar-refractivity contribution >= 4 is 28.5 Å². The van der Waals surface area contributed by atoms with E-state index in [1.165, 1.54) is 33.5 Å². The second-order valence-electron chi connectivity index (χ2n) is 7.64. The highest BCUT2D eigenvalue weighted by Gasteiger charge is 2.21. The van der Waals surface area contributed by atoms with Gasteiger partial charge in [0.05, 0.1) is 49.4 Å². The van der Waals surface area contributed by atoms with Gasteiger partial charge in [-0.1, -0.05) is 42.0 Å². The SMILES string of the molecule is COC(=O)c1cc(OC)c(OC)cc1NC(=O)c1cc(-c2cccc(C)c2)nc2ccccc12. The first-order valence-corrected chi connectivity index (χ1v) is 10.6. The van der Waals surface area contributed by atoms with Gasteiger partial charge in [0.25, 0.3) is 5.91 Å². The first kappa shape index (κ1) is 22.8. The van der Waals surface area contributed by atoms with E-state index in [2.05, 4.69) is 5.32 Å². The van der Waals surface area contributed by atoms with Gasteiger partial charge in [0.15, 0.2) is 11.5 Å². The average molecular weight is 456 g/mol. The van der Waals surface area contributed by atoms with Crippen molar-refractivity contribution in [1.82, 2.24) is 4.98 Å². The zero-order valence-electron chi connectivity index (χ0n) is 19.3. The van der Waals surface area contributed by atoms with Crippen molar-refractivity contribution in [2.45, 2.75) is 6.92 Å². The third kappa shape index (κ3) is 4.41. The van der Waals surface area contributed by atoms with E-state index in [1.54, 1.807) is 6.07 Å². The van der Waals surface area contributed by atoms with Crippen LogP contribution in [0.25, 0.3) is 22.2 Å². The molecule has 0 saturated heterocycles. The summed E-state index contributed by atoms with van der Waals surface area (Å²) in [5, 5.41) is 3.54. The molecule has 34 heavy (non-hydrogen) atoms. The van der Waals surface area contributed by atoms with Gasteiger partial charge in [-0.2, -0.15) is 0 Å². The van der Waals surface area contributed by atoms with Gasteiger partial charge in [0.1, 0.15) is 0 Å².